The molecule has 0 fully saturated rings. The summed E-state index contributed by atoms with van der Waals surface area (Å²) >= 11 is 5.84. The zero-order chi connectivity index (χ0) is 13.4. The van der Waals surface area contributed by atoms with E-state index in [9.17, 15) is 4.79 Å². The van der Waals surface area contributed by atoms with Crippen LogP contribution < -0.4 is 9.47 Å². The number of aromatic carboxylic acids is 1. The lowest BCUT2D eigenvalue weighted by molar-refractivity contribution is 0.0685. The van der Waals surface area contributed by atoms with Crippen molar-refractivity contribution in [2.45, 2.75) is 6.54 Å². The van der Waals surface area contributed by atoms with Gasteiger partial charge in [-0.05, 0) is 23.8 Å². The number of rotatable bonds is 3. The Bertz CT molecular complexity index is 650. The van der Waals surface area contributed by atoms with E-state index in [0.717, 1.165) is 5.56 Å². The SMILES string of the molecule is O=C(O)c1cc(Cl)cn1Cc1ccc2c(c1)OCO2. The molecule has 0 unspecified atom stereocenters. The predicted molar refractivity (Wildman–Crippen MR) is 68.1 cm³/mol. The summed E-state index contributed by atoms with van der Waals surface area (Å²) in [5, 5.41) is 9.49. The van der Waals surface area contributed by atoms with E-state index in [1.165, 1.54) is 6.07 Å². The van der Waals surface area contributed by atoms with Crippen molar-refractivity contribution in [3.8, 4) is 11.5 Å². The number of halogens is 1. The Labute approximate surface area is 113 Å². The molecule has 1 N–H and O–H groups in total. The lowest BCUT2D eigenvalue weighted by atomic mass is 10.2. The lowest BCUT2D eigenvalue weighted by Gasteiger charge is -2.07. The number of benzene rings is 1. The Hall–Kier alpha value is -2.14. The molecule has 0 saturated heterocycles. The zero-order valence-electron chi connectivity index (χ0n) is 9.80. The van der Waals surface area contributed by atoms with Crippen LogP contribution in [0.3, 0.4) is 0 Å². The summed E-state index contributed by atoms with van der Waals surface area (Å²) in [6.07, 6.45) is 1.59. The molecule has 6 heteroatoms. The van der Waals surface area contributed by atoms with Crippen molar-refractivity contribution in [1.29, 1.82) is 0 Å². The third-order valence-corrected chi connectivity index (χ3v) is 3.08. The molecular formula is C13H10ClNO4. The third-order valence-electron chi connectivity index (χ3n) is 2.87. The highest BCUT2D eigenvalue weighted by molar-refractivity contribution is 6.30. The zero-order valence-corrected chi connectivity index (χ0v) is 10.6. The summed E-state index contributed by atoms with van der Waals surface area (Å²) in [6.45, 7) is 0.625. The highest BCUT2D eigenvalue weighted by Crippen LogP contribution is 2.32. The molecule has 5 nitrogen and oxygen atoms in total. The Balaban J connectivity index is 1.91. The minimum absolute atomic E-state index is 0.155. The monoisotopic (exact) mass is 279 g/mol. The van der Waals surface area contributed by atoms with Crippen LogP contribution in [-0.4, -0.2) is 22.4 Å². The molecule has 1 aromatic heterocycles. The molecule has 2 heterocycles. The second-order valence-electron chi connectivity index (χ2n) is 4.16. The lowest BCUT2D eigenvalue weighted by Crippen LogP contribution is -2.08. The molecule has 0 spiro atoms. The molecule has 98 valence electrons. The molecule has 0 saturated carbocycles. The molecule has 1 aromatic carbocycles. The van der Waals surface area contributed by atoms with E-state index in [1.807, 2.05) is 18.2 Å². The molecule has 1 aliphatic rings. The maximum atomic E-state index is 11.1. The average Bonchev–Trinajstić information content (AvgIpc) is 2.95. The molecule has 0 bridgehead atoms. The van der Waals surface area contributed by atoms with Gasteiger partial charge in [0.2, 0.25) is 6.79 Å². The molecule has 2 aromatic rings. The second kappa shape index (κ2) is 4.51. The van der Waals surface area contributed by atoms with Gasteiger partial charge < -0.3 is 19.1 Å². The smallest absolute Gasteiger partial charge is 0.352 e. The quantitative estimate of drug-likeness (QED) is 0.938. The number of aromatic nitrogens is 1. The number of carboxylic acids is 1. The molecule has 0 radical (unpaired) electrons. The van der Waals surface area contributed by atoms with E-state index in [1.54, 1.807) is 10.8 Å². The Morgan fingerprint density at radius 1 is 1.32 bits per heavy atom. The van der Waals surface area contributed by atoms with Crippen LogP contribution in [0.15, 0.2) is 30.5 Å². The number of carboxylic acid groups (broad SMARTS) is 1. The first-order valence-corrected chi connectivity index (χ1v) is 5.99. The fraction of sp³-hybridized carbons (Fsp3) is 0.154. The molecular weight excluding hydrogens is 270 g/mol. The summed E-state index contributed by atoms with van der Waals surface area (Å²) in [5.74, 6) is 0.369. The molecule has 19 heavy (non-hydrogen) atoms. The first-order valence-electron chi connectivity index (χ1n) is 5.61. The Morgan fingerprint density at radius 3 is 2.89 bits per heavy atom. The number of carbonyl (C=O) groups is 1. The van der Waals surface area contributed by atoms with Gasteiger partial charge in [-0.3, -0.25) is 0 Å². The van der Waals surface area contributed by atoms with Gasteiger partial charge in [0, 0.05) is 12.7 Å². The van der Waals surface area contributed by atoms with Crippen LogP contribution in [0.4, 0.5) is 0 Å². The van der Waals surface area contributed by atoms with E-state index >= 15 is 0 Å². The first kappa shape index (κ1) is 11.9. The highest BCUT2D eigenvalue weighted by atomic mass is 35.5. The van der Waals surface area contributed by atoms with Crippen LogP contribution in [0.5, 0.6) is 11.5 Å². The largest absolute Gasteiger partial charge is 0.477 e. The molecule has 1 aliphatic heterocycles. The summed E-state index contributed by atoms with van der Waals surface area (Å²) in [5.41, 5.74) is 1.07. The van der Waals surface area contributed by atoms with Crippen LogP contribution in [0.25, 0.3) is 0 Å². The van der Waals surface area contributed by atoms with Crippen molar-refractivity contribution in [3.05, 3.63) is 46.7 Å². The van der Waals surface area contributed by atoms with Crippen molar-refractivity contribution >= 4 is 17.6 Å². The fourth-order valence-corrected chi connectivity index (χ4v) is 2.24. The van der Waals surface area contributed by atoms with Crippen molar-refractivity contribution in [2.24, 2.45) is 0 Å². The van der Waals surface area contributed by atoms with E-state index < -0.39 is 5.97 Å². The fourth-order valence-electron chi connectivity index (χ4n) is 2.02. The minimum atomic E-state index is -1.01. The van der Waals surface area contributed by atoms with Crippen molar-refractivity contribution < 1.29 is 19.4 Å². The molecule has 0 amide bonds. The van der Waals surface area contributed by atoms with Gasteiger partial charge in [0.1, 0.15) is 5.69 Å². The van der Waals surface area contributed by atoms with Gasteiger partial charge in [0.25, 0.3) is 0 Å². The van der Waals surface area contributed by atoms with Crippen molar-refractivity contribution in [1.82, 2.24) is 4.57 Å². The number of ether oxygens (including phenoxy) is 2. The number of hydrogen-bond donors (Lipinski definition) is 1. The summed E-state index contributed by atoms with van der Waals surface area (Å²) < 4.78 is 12.1. The van der Waals surface area contributed by atoms with Gasteiger partial charge in [0.05, 0.1) is 5.02 Å². The van der Waals surface area contributed by atoms with Gasteiger partial charge in [-0.15, -0.1) is 0 Å². The topological polar surface area (TPSA) is 60.7 Å². The third kappa shape index (κ3) is 2.24. The minimum Gasteiger partial charge on any atom is -0.477 e. The number of hydrogen-bond acceptors (Lipinski definition) is 3. The predicted octanol–water partition coefficient (Wildman–Crippen LogP) is 2.62. The van der Waals surface area contributed by atoms with E-state index in [-0.39, 0.29) is 12.5 Å². The van der Waals surface area contributed by atoms with Gasteiger partial charge in [-0.25, -0.2) is 4.79 Å². The molecule has 0 atom stereocenters. The number of fused-ring (bicyclic) bond motifs is 1. The summed E-state index contributed by atoms with van der Waals surface area (Å²) in [4.78, 5) is 11.1. The van der Waals surface area contributed by atoms with Crippen LogP contribution in [0.2, 0.25) is 5.02 Å². The maximum Gasteiger partial charge on any atom is 0.352 e. The average molecular weight is 280 g/mol. The molecule has 0 aliphatic carbocycles. The Morgan fingerprint density at radius 2 is 2.11 bits per heavy atom. The van der Waals surface area contributed by atoms with E-state index in [4.69, 9.17) is 26.2 Å². The van der Waals surface area contributed by atoms with Crippen molar-refractivity contribution in [3.63, 3.8) is 0 Å². The summed E-state index contributed by atoms with van der Waals surface area (Å²) in [7, 11) is 0. The van der Waals surface area contributed by atoms with E-state index in [0.29, 0.717) is 23.1 Å². The summed E-state index contributed by atoms with van der Waals surface area (Å²) in [6, 6.07) is 6.94. The van der Waals surface area contributed by atoms with Gasteiger partial charge in [0.15, 0.2) is 11.5 Å². The highest BCUT2D eigenvalue weighted by Gasteiger charge is 2.15. The normalized spacial score (nSPS) is 12.7. The van der Waals surface area contributed by atoms with Crippen LogP contribution >= 0.6 is 11.6 Å². The van der Waals surface area contributed by atoms with Crippen LogP contribution in [0.1, 0.15) is 16.1 Å². The number of nitrogens with zero attached hydrogens (tertiary/aromatic N) is 1. The van der Waals surface area contributed by atoms with E-state index in [2.05, 4.69) is 0 Å². The maximum absolute atomic E-state index is 11.1. The Kier molecular flexibility index (Phi) is 2.83. The van der Waals surface area contributed by atoms with Gasteiger partial charge in [-0.2, -0.15) is 0 Å². The van der Waals surface area contributed by atoms with Crippen LogP contribution in [-0.2, 0) is 6.54 Å². The van der Waals surface area contributed by atoms with Gasteiger partial charge >= 0.3 is 5.97 Å². The first-order chi connectivity index (χ1) is 9.13. The van der Waals surface area contributed by atoms with Crippen LogP contribution in [0, 0.1) is 0 Å². The van der Waals surface area contributed by atoms with Crippen molar-refractivity contribution in [2.75, 3.05) is 6.79 Å². The van der Waals surface area contributed by atoms with Gasteiger partial charge in [-0.1, -0.05) is 17.7 Å². The second-order valence-corrected chi connectivity index (χ2v) is 4.60. The molecule has 3 rings (SSSR count). The standard InChI is InChI=1S/C13H10ClNO4/c14-9-4-10(13(16)17)15(6-9)5-8-1-2-11-12(3-8)19-7-18-11/h1-4,6H,5,7H2,(H,16,17).